The number of fused-ring (bicyclic) bond motifs is 1. The average molecular weight is 429 g/mol. The maximum atomic E-state index is 6.15. The van der Waals surface area contributed by atoms with Crippen LogP contribution in [0, 0.1) is 0 Å². The molecule has 0 amide bonds. The number of benzene rings is 2. The first kappa shape index (κ1) is 19.8. The quantitative estimate of drug-likeness (QED) is 0.393. The fourth-order valence-electron chi connectivity index (χ4n) is 3.80. The molecule has 2 N–H and O–H groups in total. The molecule has 2 aromatic carbocycles. The summed E-state index contributed by atoms with van der Waals surface area (Å²) in [6.07, 6.45) is 9.04. The summed E-state index contributed by atoms with van der Waals surface area (Å²) in [4.78, 5) is 6.56. The predicted molar refractivity (Wildman–Crippen MR) is 127 cm³/mol. The van der Waals surface area contributed by atoms with Gasteiger partial charge in [-0.15, -0.1) is 0 Å². The first-order valence-electron chi connectivity index (χ1n) is 10.5. The van der Waals surface area contributed by atoms with E-state index in [1.807, 2.05) is 59.3 Å². The van der Waals surface area contributed by atoms with E-state index in [9.17, 15) is 0 Å². The van der Waals surface area contributed by atoms with E-state index in [0.717, 1.165) is 63.6 Å². The van der Waals surface area contributed by atoms with Crippen LogP contribution in [-0.2, 0) is 4.74 Å². The Morgan fingerprint density at radius 1 is 1.03 bits per heavy atom. The van der Waals surface area contributed by atoms with Crippen molar-refractivity contribution in [2.45, 2.75) is 35.3 Å². The molecule has 156 valence electrons. The van der Waals surface area contributed by atoms with E-state index < -0.39 is 0 Å². The molecule has 0 radical (unpaired) electrons. The Morgan fingerprint density at radius 2 is 1.94 bits per heavy atom. The zero-order valence-electron chi connectivity index (χ0n) is 17.1. The lowest BCUT2D eigenvalue weighted by molar-refractivity contribution is -0.0367. The second-order valence-corrected chi connectivity index (χ2v) is 8.67. The fraction of sp³-hybridized carbons (Fsp3) is 0.200. The second kappa shape index (κ2) is 8.96. The van der Waals surface area contributed by atoms with Crippen LogP contribution < -0.4 is 5.73 Å². The number of hydrogen-bond acceptors (Lipinski definition) is 5. The number of nitrogens with zero attached hydrogens (tertiary/aromatic N) is 3. The highest BCUT2D eigenvalue weighted by Crippen LogP contribution is 2.36. The lowest BCUT2D eigenvalue weighted by atomic mass is 10.1. The van der Waals surface area contributed by atoms with E-state index in [1.54, 1.807) is 18.0 Å². The summed E-state index contributed by atoms with van der Waals surface area (Å²) in [6, 6.07) is 20.3. The van der Waals surface area contributed by atoms with Gasteiger partial charge in [-0.25, -0.2) is 4.68 Å². The van der Waals surface area contributed by atoms with Crippen LogP contribution in [0.15, 0.2) is 76.7 Å². The minimum Gasteiger partial charge on any atom is -0.398 e. The zero-order chi connectivity index (χ0) is 21.0. The number of aromatic nitrogens is 3. The van der Waals surface area contributed by atoms with Gasteiger partial charge in [0.25, 0.3) is 0 Å². The Labute approximate surface area is 185 Å². The standard InChI is InChI=1S/C25H24N4OS/c26-21-8-1-2-9-24(21)31-19-12-13-20-22(14-11-18-7-3-5-15-27-18)28-29(23(20)17-19)25-10-4-6-16-30-25/h1-3,5,7-9,11-15,17,25H,4,6,10,16,26H2. The average Bonchev–Trinajstić information content (AvgIpc) is 3.18. The highest BCUT2D eigenvalue weighted by molar-refractivity contribution is 7.99. The number of hydrogen-bond donors (Lipinski definition) is 1. The monoisotopic (exact) mass is 428 g/mol. The molecule has 0 saturated carbocycles. The number of anilines is 1. The largest absolute Gasteiger partial charge is 0.398 e. The summed E-state index contributed by atoms with van der Waals surface area (Å²) in [5, 5.41) is 6.04. The molecule has 0 bridgehead atoms. The van der Waals surface area contributed by atoms with E-state index in [-0.39, 0.29) is 6.23 Å². The second-order valence-electron chi connectivity index (χ2n) is 7.56. The lowest BCUT2D eigenvalue weighted by Gasteiger charge is -2.23. The molecule has 1 aliphatic heterocycles. The van der Waals surface area contributed by atoms with Crippen molar-refractivity contribution in [2.24, 2.45) is 0 Å². The lowest BCUT2D eigenvalue weighted by Crippen LogP contribution is -2.19. The maximum Gasteiger partial charge on any atom is 0.150 e. The van der Waals surface area contributed by atoms with Crippen molar-refractivity contribution >= 4 is 40.5 Å². The van der Waals surface area contributed by atoms with Crippen LogP contribution in [-0.4, -0.2) is 21.4 Å². The Hall–Kier alpha value is -3.09. The Balaban J connectivity index is 1.55. The predicted octanol–water partition coefficient (Wildman–Crippen LogP) is 6.03. The van der Waals surface area contributed by atoms with Crippen molar-refractivity contribution in [1.82, 2.24) is 14.8 Å². The SMILES string of the molecule is Nc1ccccc1Sc1ccc2c(C=Cc3ccccn3)nn(C3CCCCO3)c2c1. The molecule has 1 fully saturated rings. The normalized spacial score (nSPS) is 16.8. The van der Waals surface area contributed by atoms with Gasteiger partial charge >= 0.3 is 0 Å². The molecular weight excluding hydrogens is 404 g/mol. The number of rotatable bonds is 5. The molecule has 1 unspecified atom stereocenters. The van der Waals surface area contributed by atoms with Gasteiger partial charge < -0.3 is 10.5 Å². The molecule has 0 spiro atoms. The minimum absolute atomic E-state index is 0.0321. The van der Waals surface area contributed by atoms with Crippen LogP contribution in [0.3, 0.4) is 0 Å². The van der Waals surface area contributed by atoms with E-state index in [0.29, 0.717) is 0 Å². The summed E-state index contributed by atoms with van der Waals surface area (Å²) >= 11 is 1.67. The number of para-hydroxylation sites is 1. The van der Waals surface area contributed by atoms with E-state index in [1.165, 1.54) is 0 Å². The number of pyridine rings is 1. The van der Waals surface area contributed by atoms with Gasteiger partial charge in [-0.1, -0.05) is 30.0 Å². The van der Waals surface area contributed by atoms with Crippen molar-refractivity contribution in [2.75, 3.05) is 12.3 Å². The van der Waals surface area contributed by atoms with Gasteiger partial charge in [-0.2, -0.15) is 5.10 Å². The summed E-state index contributed by atoms with van der Waals surface area (Å²) in [7, 11) is 0. The first-order valence-corrected chi connectivity index (χ1v) is 11.3. The molecule has 1 atom stereocenters. The Morgan fingerprint density at radius 3 is 2.74 bits per heavy atom. The maximum absolute atomic E-state index is 6.15. The Bertz CT molecular complexity index is 1210. The van der Waals surface area contributed by atoms with Crippen molar-refractivity contribution in [3.8, 4) is 0 Å². The van der Waals surface area contributed by atoms with Crippen LogP contribution in [0.5, 0.6) is 0 Å². The number of nitrogens with two attached hydrogens (primary N) is 1. The zero-order valence-corrected chi connectivity index (χ0v) is 18.0. The van der Waals surface area contributed by atoms with Gasteiger partial charge in [0.05, 0.1) is 16.9 Å². The third-order valence-electron chi connectivity index (χ3n) is 5.38. The van der Waals surface area contributed by atoms with Crippen molar-refractivity contribution in [3.63, 3.8) is 0 Å². The van der Waals surface area contributed by atoms with Gasteiger partial charge in [-0.05, 0) is 73.9 Å². The molecule has 2 aromatic heterocycles. The summed E-state index contributed by atoms with van der Waals surface area (Å²) in [6.45, 7) is 0.778. The Kier molecular flexibility index (Phi) is 5.74. The van der Waals surface area contributed by atoms with Crippen LogP contribution in [0.2, 0.25) is 0 Å². The van der Waals surface area contributed by atoms with Crippen LogP contribution in [0.1, 0.15) is 36.9 Å². The molecule has 1 aliphatic rings. The summed E-state index contributed by atoms with van der Waals surface area (Å²) < 4.78 is 8.11. The molecule has 1 saturated heterocycles. The van der Waals surface area contributed by atoms with Gasteiger partial charge in [0, 0.05) is 33.7 Å². The minimum atomic E-state index is -0.0321. The molecule has 0 aliphatic carbocycles. The number of nitrogen functional groups attached to an aromatic ring is 1. The molecule has 4 aromatic rings. The third kappa shape index (κ3) is 4.36. The van der Waals surface area contributed by atoms with Crippen LogP contribution in [0.25, 0.3) is 23.1 Å². The summed E-state index contributed by atoms with van der Waals surface area (Å²) in [5.41, 5.74) is 9.85. The van der Waals surface area contributed by atoms with Crippen LogP contribution >= 0.6 is 11.8 Å². The third-order valence-corrected chi connectivity index (χ3v) is 6.46. The highest BCUT2D eigenvalue weighted by atomic mass is 32.2. The smallest absolute Gasteiger partial charge is 0.150 e. The first-order chi connectivity index (χ1) is 15.3. The molecule has 31 heavy (non-hydrogen) atoms. The number of ether oxygens (including phenoxy) is 1. The van der Waals surface area contributed by atoms with Gasteiger partial charge in [-0.3, -0.25) is 4.98 Å². The van der Waals surface area contributed by atoms with E-state index in [2.05, 4.69) is 23.2 Å². The van der Waals surface area contributed by atoms with Crippen molar-refractivity contribution < 1.29 is 4.74 Å². The molecule has 5 rings (SSSR count). The van der Waals surface area contributed by atoms with Crippen molar-refractivity contribution in [3.05, 3.63) is 78.2 Å². The van der Waals surface area contributed by atoms with Crippen molar-refractivity contribution in [1.29, 1.82) is 0 Å². The van der Waals surface area contributed by atoms with Gasteiger partial charge in [0.15, 0.2) is 6.23 Å². The summed E-state index contributed by atoms with van der Waals surface area (Å²) in [5.74, 6) is 0. The van der Waals surface area contributed by atoms with Gasteiger partial charge in [0.1, 0.15) is 0 Å². The molecule has 5 nitrogen and oxygen atoms in total. The topological polar surface area (TPSA) is 66.0 Å². The van der Waals surface area contributed by atoms with E-state index >= 15 is 0 Å². The fourth-order valence-corrected chi connectivity index (χ4v) is 4.70. The molecular formula is C25H24N4OS. The van der Waals surface area contributed by atoms with E-state index in [4.69, 9.17) is 15.6 Å². The molecule has 6 heteroatoms. The highest BCUT2D eigenvalue weighted by Gasteiger charge is 2.21. The molecule has 3 heterocycles. The van der Waals surface area contributed by atoms with Gasteiger partial charge in [0.2, 0.25) is 0 Å². The van der Waals surface area contributed by atoms with Crippen LogP contribution in [0.4, 0.5) is 5.69 Å².